The van der Waals surface area contributed by atoms with Gasteiger partial charge in [-0.25, -0.2) is 4.99 Å². The summed E-state index contributed by atoms with van der Waals surface area (Å²) in [7, 11) is 0. The summed E-state index contributed by atoms with van der Waals surface area (Å²) in [4.78, 5) is 4.42. The molecule has 0 saturated heterocycles. The molecule has 0 amide bonds. The lowest BCUT2D eigenvalue weighted by Crippen LogP contribution is -2.41. The molecule has 1 aliphatic carbocycles. The van der Waals surface area contributed by atoms with Gasteiger partial charge in [0.05, 0.1) is 12.6 Å². The normalized spacial score (nSPS) is 17.0. The van der Waals surface area contributed by atoms with Crippen molar-refractivity contribution < 1.29 is 4.74 Å². The Kier molecular flexibility index (Phi) is 5.90. The Labute approximate surface area is 127 Å². The molecule has 1 fully saturated rings. The van der Waals surface area contributed by atoms with Crippen LogP contribution in [-0.4, -0.2) is 18.1 Å². The first-order chi connectivity index (χ1) is 10.1. The van der Waals surface area contributed by atoms with E-state index in [9.17, 15) is 0 Å². The van der Waals surface area contributed by atoms with Crippen LogP contribution >= 0.6 is 0 Å². The van der Waals surface area contributed by atoms with Crippen LogP contribution in [-0.2, 0) is 6.54 Å². The number of nitrogens with one attached hydrogen (secondary N) is 1. The smallest absolute Gasteiger partial charge is 0.189 e. The Morgan fingerprint density at radius 1 is 1.24 bits per heavy atom. The average molecular weight is 289 g/mol. The van der Waals surface area contributed by atoms with Gasteiger partial charge in [0.15, 0.2) is 5.96 Å². The summed E-state index contributed by atoms with van der Waals surface area (Å²) in [6, 6.07) is 8.54. The van der Waals surface area contributed by atoms with Gasteiger partial charge in [-0.2, -0.15) is 0 Å². The van der Waals surface area contributed by atoms with E-state index < -0.39 is 0 Å². The summed E-state index contributed by atoms with van der Waals surface area (Å²) in [6.07, 6.45) is 6.55. The fraction of sp³-hybridized carbons (Fsp3) is 0.588. The van der Waals surface area contributed by atoms with Gasteiger partial charge in [-0.1, -0.05) is 31.4 Å². The van der Waals surface area contributed by atoms with E-state index in [1.54, 1.807) is 0 Å². The molecule has 0 aliphatic heterocycles. The van der Waals surface area contributed by atoms with Gasteiger partial charge in [0, 0.05) is 6.04 Å². The number of ether oxygens (including phenoxy) is 1. The minimum absolute atomic E-state index is 0.198. The molecule has 3 N–H and O–H groups in total. The Morgan fingerprint density at radius 3 is 2.52 bits per heavy atom. The quantitative estimate of drug-likeness (QED) is 0.646. The van der Waals surface area contributed by atoms with E-state index >= 15 is 0 Å². The van der Waals surface area contributed by atoms with Gasteiger partial charge in [0.25, 0.3) is 0 Å². The van der Waals surface area contributed by atoms with Crippen LogP contribution in [0.3, 0.4) is 0 Å². The molecule has 0 bridgehead atoms. The van der Waals surface area contributed by atoms with Crippen LogP contribution in [0.5, 0.6) is 5.75 Å². The number of rotatable bonds is 5. The monoisotopic (exact) mass is 289 g/mol. The molecule has 0 spiro atoms. The van der Waals surface area contributed by atoms with Gasteiger partial charge < -0.3 is 15.8 Å². The molecule has 0 atom stereocenters. The Bertz CT molecular complexity index is 448. The largest absolute Gasteiger partial charge is 0.491 e. The summed E-state index contributed by atoms with van der Waals surface area (Å²) in [5, 5.41) is 3.33. The van der Waals surface area contributed by atoms with Crippen LogP contribution in [0.25, 0.3) is 0 Å². The highest BCUT2D eigenvalue weighted by Gasteiger charge is 2.13. The summed E-state index contributed by atoms with van der Waals surface area (Å²) >= 11 is 0. The zero-order valence-electron chi connectivity index (χ0n) is 13.1. The number of benzene rings is 1. The van der Waals surface area contributed by atoms with Gasteiger partial charge >= 0.3 is 0 Å². The molecule has 21 heavy (non-hydrogen) atoms. The zero-order chi connectivity index (χ0) is 15.1. The van der Waals surface area contributed by atoms with Crippen molar-refractivity contribution >= 4 is 5.96 Å². The van der Waals surface area contributed by atoms with Gasteiger partial charge in [-0.3, -0.25) is 0 Å². The molecule has 0 unspecified atom stereocenters. The minimum Gasteiger partial charge on any atom is -0.491 e. The topological polar surface area (TPSA) is 59.6 Å². The SMILES string of the molecule is CC(C)Oc1ccc(CN=C(N)NC2CCCCC2)cc1. The van der Waals surface area contributed by atoms with E-state index in [1.807, 2.05) is 38.1 Å². The second-order valence-electron chi connectivity index (χ2n) is 5.99. The lowest BCUT2D eigenvalue weighted by Gasteiger charge is -2.23. The molecule has 1 aromatic carbocycles. The minimum atomic E-state index is 0.198. The van der Waals surface area contributed by atoms with Crippen molar-refractivity contribution in [3.05, 3.63) is 29.8 Å². The van der Waals surface area contributed by atoms with Crippen LogP contribution < -0.4 is 15.8 Å². The Hall–Kier alpha value is -1.71. The third-order valence-electron chi connectivity index (χ3n) is 3.68. The molecule has 116 valence electrons. The summed E-state index contributed by atoms with van der Waals surface area (Å²) in [5.41, 5.74) is 7.10. The molecule has 1 aliphatic rings. The predicted molar refractivity (Wildman–Crippen MR) is 87.5 cm³/mol. The second kappa shape index (κ2) is 7.91. The molecule has 1 aromatic rings. The number of aliphatic imine (C=N–C) groups is 1. The predicted octanol–water partition coefficient (Wildman–Crippen LogP) is 3.21. The van der Waals surface area contributed by atoms with Gasteiger partial charge in [0.2, 0.25) is 0 Å². The van der Waals surface area contributed by atoms with E-state index in [1.165, 1.54) is 32.1 Å². The maximum absolute atomic E-state index is 5.96. The van der Waals surface area contributed by atoms with Crippen LogP contribution in [0.2, 0.25) is 0 Å². The van der Waals surface area contributed by atoms with Crippen LogP contribution in [0, 0.1) is 0 Å². The van der Waals surface area contributed by atoms with E-state index in [4.69, 9.17) is 10.5 Å². The van der Waals surface area contributed by atoms with Crippen LogP contribution in [0.15, 0.2) is 29.3 Å². The van der Waals surface area contributed by atoms with E-state index in [0.717, 1.165) is 11.3 Å². The van der Waals surface area contributed by atoms with Crippen molar-refractivity contribution in [3.63, 3.8) is 0 Å². The van der Waals surface area contributed by atoms with Crippen molar-refractivity contribution in [2.75, 3.05) is 0 Å². The van der Waals surface area contributed by atoms with Crippen molar-refractivity contribution in [1.29, 1.82) is 0 Å². The highest BCUT2D eigenvalue weighted by Crippen LogP contribution is 2.17. The third kappa shape index (κ3) is 5.66. The maximum Gasteiger partial charge on any atom is 0.189 e. The van der Waals surface area contributed by atoms with Crippen LogP contribution in [0.4, 0.5) is 0 Å². The number of nitrogens with two attached hydrogens (primary N) is 1. The molecule has 2 rings (SSSR count). The average Bonchev–Trinajstić information content (AvgIpc) is 2.47. The molecular weight excluding hydrogens is 262 g/mol. The fourth-order valence-corrected chi connectivity index (χ4v) is 2.62. The molecule has 1 saturated carbocycles. The van der Waals surface area contributed by atoms with Crippen molar-refractivity contribution in [1.82, 2.24) is 5.32 Å². The zero-order valence-corrected chi connectivity index (χ0v) is 13.1. The van der Waals surface area contributed by atoms with Crippen molar-refractivity contribution in [3.8, 4) is 5.75 Å². The number of hydrogen-bond acceptors (Lipinski definition) is 2. The lowest BCUT2D eigenvalue weighted by molar-refractivity contribution is 0.242. The molecule has 4 heteroatoms. The first-order valence-electron chi connectivity index (χ1n) is 7.95. The van der Waals surface area contributed by atoms with Crippen LogP contribution in [0.1, 0.15) is 51.5 Å². The summed E-state index contributed by atoms with van der Waals surface area (Å²) < 4.78 is 5.62. The lowest BCUT2D eigenvalue weighted by atomic mass is 9.96. The standard InChI is InChI=1S/C17H27N3O/c1-13(2)21-16-10-8-14(9-11-16)12-19-17(18)20-15-6-4-3-5-7-15/h8-11,13,15H,3-7,12H2,1-2H3,(H3,18,19,20). The molecular formula is C17H27N3O. The second-order valence-corrected chi connectivity index (χ2v) is 5.99. The van der Waals surface area contributed by atoms with Crippen molar-refractivity contribution in [2.45, 2.75) is 64.6 Å². The maximum atomic E-state index is 5.96. The van der Waals surface area contributed by atoms with Gasteiger partial charge in [0.1, 0.15) is 5.75 Å². The molecule has 0 radical (unpaired) electrons. The van der Waals surface area contributed by atoms with Gasteiger partial charge in [-0.15, -0.1) is 0 Å². The Morgan fingerprint density at radius 2 is 1.90 bits per heavy atom. The highest BCUT2D eigenvalue weighted by molar-refractivity contribution is 5.78. The highest BCUT2D eigenvalue weighted by atomic mass is 16.5. The molecule has 0 aromatic heterocycles. The molecule has 0 heterocycles. The van der Waals surface area contributed by atoms with E-state index in [-0.39, 0.29) is 6.10 Å². The first-order valence-corrected chi connectivity index (χ1v) is 7.95. The van der Waals surface area contributed by atoms with Gasteiger partial charge in [-0.05, 0) is 44.4 Å². The number of hydrogen-bond donors (Lipinski definition) is 2. The fourth-order valence-electron chi connectivity index (χ4n) is 2.62. The first kappa shape index (κ1) is 15.7. The summed E-state index contributed by atoms with van der Waals surface area (Å²) in [5.74, 6) is 1.45. The van der Waals surface area contributed by atoms with E-state index in [2.05, 4.69) is 10.3 Å². The number of guanidine groups is 1. The van der Waals surface area contributed by atoms with Crippen molar-refractivity contribution in [2.24, 2.45) is 10.7 Å². The third-order valence-corrected chi connectivity index (χ3v) is 3.68. The Balaban J connectivity index is 1.81. The molecule has 4 nitrogen and oxygen atoms in total. The summed E-state index contributed by atoms with van der Waals surface area (Å²) in [6.45, 7) is 4.65. The van der Waals surface area contributed by atoms with E-state index in [0.29, 0.717) is 18.5 Å². The number of nitrogens with zero attached hydrogens (tertiary/aromatic N) is 1.